The van der Waals surface area contributed by atoms with E-state index in [1.165, 1.54) is 11.3 Å². The van der Waals surface area contributed by atoms with E-state index in [0.29, 0.717) is 22.0 Å². The smallest absolute Gasteiger partial charge is 0.345 e. The molecule has 0 saturated carbocycles. The number of carbonyl (C=O) groups is 1. The molecule has 0 spiro atoms. The molecule has 31 heavy (non-hydrogen) atoms. The Morgan fingerprint density at radius 1 is 1.10 bits per heavy atom. The van der Waals surface area contributed by atoms with Crippen molar-refractivity contribution >= 4 is 50.6 Å². The first-order chi connectivity index (χ1) is 14.9. The van der Waals surface area contributed by atoms with E-state index >= 15 is 0 Å². The Balaban J connectivity index is 1.49. The number of carbonyl (C=O) groups excluding carboxylic acids is 1. The lowest BCUT2D eigenvalue weighted by Crippen LogP contribution is -2.56. The largest absolute Gasteiger partial charge is 0.422 e. The number of β-lactam (4-membered cyclic amide) rings is 1. The predicted molar refractivity (Wildman–Crippen MR) is 124 cm³/mol. The first-order valence-electron chi connectivity index (χ1n) is 9.67. The van der Waals surface area contributed by atoms with Crippen molar-refractivity contribution in [3.8, 4) is 11.3 Å². The molecule has 1 aliphatic rings. The Kier molecular flexibility index (Phi) is 4.79. The van der Waals surface area contributed by atoms with Gasteiger partial charge in [0.15, 0.2) is 5.13 Å². The van der Waals surface area contributed by atoms with Crippen molar-refractivity contribution in [2.75, 3.05) is 23.9 Å². The van der Waals surface area contributed by atoms with E-state index in [-0.39, 0.29) is 11.9 Å². The molecule has 0 bridgehead atoms. The van der Waals surface area contributed by atoms with Crippen LogP contribution in [-0.2, 0) is 4.79 Å². The minimum atomic E-state index is -0.650. The van der Waals surface area contributed by atoms with Gasteiger partial charge in [-0.1, -0.05) is 30.3 Å². The number of para-hydroxylation sites is 1. The number of thiazole rings is 1. The lowest BCUT2D eigenvalue weighted by molar-refractivity contribution is -0.123. The summed E-state index contributed by atoms with van der Waals surface area (Å²) in [4.78, 5) is 33.2. The zero-order chi connectivity index (χ0) is 21.7. The van der Waals surface area contributed by atoms with Gasteiger partial charge in [-0.25, -0.2) is 9.78 Å². The van der Waals surface area contributed by atoms with Crippen LogP contribution in [0.2, 0.25) is 0 Å². The second-order valence-corrected chi connectivity index (χ2v) is 8.85. The van der Waals surface area contributed by atoms with E-state index in [2.05, 4.69) is 4.98 Å². The Labute approximate surface area is 187 Å². The third-order valence-electron chi connectivity index (χ3n) is 5.40. The number of benzene rings is 2. The SMILES string of the molecule is CN(C)c1ccc(C2C(Cl)C(=O)N2c2nc(-c3cc4ccccc4oc3=O)cs2)cc1. The fraction of sp³-hybridized carbons (Fsp3) is 0.174. The van der Waals surface area contributed by atoms with E-state index in [1.807, 2.05) is 61.5 Å². The zero-order valence-electron chi connectivity index (χ0n) is 16.8. The summed E-state index contributed by atoms with van der Waals surface area (Å²) in [5.41, 5.74) is 2.90. The molecule has 3 heterocycles. The van der Waals surface area contributed by atoms with Crippen LogP contribution in [0, 0.1) is 0 Å². The van der Waals surface area contributed by atoms with Crippen molar-refractivity contribution in [1.29, 1.82) is 0 Å². The number of rotatable bonds is 4. The maximum Gasteiger partial charge on any atom is 0.345 e. The molecule has 2 aromatic carbocycles. The van der Waals surface area contributed by atoms with Crippen molar-refractivity contribution in [2.24, 2.45) is 0 Å². The van der Waals surface area contributed by atoms with Gasteiger partial charge >= 0.3 is 5.63 Å². The number of anilines is 2. The number of hydrogen-bond donors (Lipinski definition) is 0. The molecular formula is C23H18ClN3O3S. The Hall–Kier alpha value is -3.16. The topological polar surface area (TPSA) is 66.7 Å². The van der Waals surface area contributed by atoms with Crippen molar-refractivity contribution < 1.29 is 9.21 Å². The third-order valence-corrected chi connectivity index (χ3v) is 6.66. The van der Waals surface area contributed by atoms with Crippen molar-refractivity contribution in [2.45, 2.75) is 11.4 Å². The van der Waals surface area contributed by atoms with E-state index in [4.69, 9.17) is 16.0 Å². The Morgan fingerprint density at radius 3 is 2.58 bits per heavy atom. The van der Waals surface area contributed by atoms with Gasteiger partial charge in [0, 0.05) is 30.5 Å². The van der Waals surface area contributed by atoms with E-state index in [1.54, 1.807) is 22.4 Å². The van der Waals surface area contributed by atoms with Gasteiger partial charge in [0.25, 0.3) is 0 Å². The second-order valence-electron chi connectivity index (χ2n) is 7.54. The number of fused-ring (bicyclic) bond motifs is 1. The van der Waals surface area contributed by atoms with Crippen LogP contribution >= 0.6 is 22.9 Å². The molecule has 156 valence electrons. The Bertz CT molecular complexity index is 1350. The summed E-state index contributed by atoms with van der Waals surface area (Å²) in [6.45, 7) is 0. The summed E-state index contributed by atoms with van der Waals surface area (Å²) in [6.07, 6.45) is 0. The van der Waals surface area contributed by atoms with E-state index in [0.717, 1.165) is 16.6 Å². The second kappa shape index (κ2) is 7.51. The van der Waals surface area contributed by atoms with Crippen LogP contribution in [0.25, 0.3) is 22.2 Å². The van der Waals surface area contributed by atoms with Gasteiger partial charge in [-0.2, -0.15) is 0 Å². The number of amides is 1. The zero-order valence-corrected chi connectivity index (χ0v) is 18.4. The highest BCUT2D eigenvalue weighted by Gasteiger charge is 2.49. The highest BCUT2D eigenvalue weighted by atomic mass is 35.5. The number of aromatic nitrogens is 1. The summed E-state index contributed by atoms with van der Waals surface area (Å²) < 4.78 is 5.42. The molecule has 8 heteroatoms. The lowest BCUT2D eigenvalue weighted by Gasteiger charge is -2.42. The molecule has 4 aromatic rings. The van der Waals surface area contributed by atoms with Crippen LogP contribution in [-0.4, -0.2) is 30.4 Å². The van der Waals surface area contributed by atoms with Crippen LogP contribution in [0.4, 0.5) is 10.8 Å². The van der Waals surface area contributed by atoms with Gasteiger partial charge in [-0.15, -0.1) is 22.9 Å². The highest BCUT2D eigenvalue weighted by molar-refractivity contribution is 7.14. The van der Waals surface area contributed by atoms with Crippen LogP contribution < -0.4 is 15.4 Å². The number of hydrogen-bond acceptors (Lipinski definition) is 6. The fourth-order valence-corrected chi connectivity index (χ4v) is 4.92. The minimum Gasteiger partial charge on any atom is -0.422 e. The molecule has 2 aromatic heterocycles. The summed E-state index contributed by atoms with van der Waals surface area (Å²) >= 11 is 7.67. The molecule has 5 rings (SSSR count). The number of alkyl halides is 1. The summed E-state index contributed by atoms with van der Waals surface area (Å²) in [5.74, 6) is -0.199. The third kappa shape index (κ3) is 3.30. The van der Waals surface area contributed by atoms with Gasteiger partial charge in [-0.3, -0.25) is 9.69 Å². The molecule has 1 amide bonds. The summed E-state index contributed by atoms with van der Waals surface area (Å²) in [5, 5.41) is 2.43. The average molecular weight is 452 g/mol. The van der Waals surface area contributed by atoms with Crippen LogP contribution in [0.5, 0.6) is 0 Å². The van der Waals surface area contributed by atoms with Gasteiger partial charge in [0.05, 0.1) is 17.3 Å². The molecule has 1 aliphatic heterocycles. The first kappa shape index (κ1) is 19.8. The van der Waals surface area contributed by atoms with E-state index < -0.39 is 11.0 Å². The molecule has 0 aliphatic carbocycles. The van der Waals surface area contributed by atoms with Crippen molar-refractivity contribution in [1.82, 2.24) is 4.98 Å². The van der Waals surface area contributed by atoms with Crippen LogP contribution in [0.15, 0.2) is 69.2 Å². The van der Waals surface area contributed by atoms with E-state index in [9.17, 15) is 9.59 Å². The minimum absolute atomic E-state index is 0.199. The van der Waals surface area contributed by atoms with Crippen LogP contribution in [0.1, 0.15) is 11.6 Å². The first-order valence-corrected chi connectivity index (χ1v) is 11.0. The van der Waals surface area contributed by atoms with Gasteiger partial charge in [0.1, 0.15) is 11.0 Å². The molecule has 2 atom stereocenters. The maximum atomic E-state index is 12.6. The molecule has 1 saturated heterocycles. The highest BCUT2D eigenvalue weighted by Crippen LogP contribution is 2.44. The van der Waals surface area contributed by atoms with Gasteiger partial charge in [-0.05, 0) is 29.8 Å². The molecule has 2 unspecified atom stereocenters. The average Bonchev–Trinajstić information content (AvgIpc) is 3.25. The molecule has 1 fully saturated rings. The van der Waals surface area contributed by atoms with Crippen molar-refractivity contribution in [3.05, 3.63) is 76.0 Å². The molecule has 6 nitrogen and oxygen atoms in total. The number of nitrogens with zero attached hydrogens (tertiary/aromatic N) is 3. The molecule has 0 radical (unpaired) electrons. The molecule has 0 N–H and O–H groups in total. The number of halogens is 1. The quantitative estimate of drug-likeness (QED) is 0.256. The maximum absolute atomic E-state index is 12.6. The monoisotopic (exact) mass is 451 g/mol. The summed E-state index contributed by atoms with van der Waals surface area (Å²) in [7, 11) is 3.94. The standard InChI is InChI=1S/C23H18ClN3O3S/c1-26(2)15-9-7-13(8-10-15)20-19(24)21(28)27(20)23-25-17(12-31-23)16-11-14-5-3-4-6-18(14)30-22(16)29/h3-12,19-20H,1-2H3. The Morgan fingerprint density at radius 2 is 1.84 bits per heavy atom. The van der Waals surface area contributed by atoms with Crippen molar-refractivity contribution in [3.63, 3.8) is 0 Å². The van der Waals surface area contributed by atoms with Gasteiger partial charge in [0.2, 0.25) is 5.91 Å². The van der Waals surface area contributed by atoms with Gasteiger partial charge < -0.3 is 9.32 Å². The summed E-state index contributed by atoms with van der Waals surface area (Å²) in [6, 6.07) is 16.7. The van der Waals surface area contributed by atoms with Crippen LogP contribution in [0.3, 0.4) is 0 Å². The fourth-order valence-electron chi connectivity index (χ4n) is 3.69. The lowest BCUT2D eigenvalue weighted by atomic mass is 9.94. The normalized spacial score (nSPS) is 18.3. The predicted octanol–water partition coefficient (Wildman–Crippen LogP) is 4.68. The molecular weight excluding hydrogens is 434 g/mol.